The first-order chi connectivity index (χ1) is 6.40. The second kappa shape index (κ2) is 3.66. The van der Waals surface area contributed by atoms with E-state index in [1.165, 1.54) is 6.26 Å². The molecule has 0 aliphatic heterocycles. The molecule has 0 aliphatic rings. The Morgan fingerprint density at radius 1 is 1.31 bits per heavy atom. The van der Waals surface area contributed by atoms with Crippen LogP contribution in [0.2, 0.25) is 0 Å². The number of halogens is 1. The molecule has 0 unspecified atom stereocenters. The fourth-order valence-corrected chi connectivity index (χ4v) is 1.22. The Morgan fingerprint density at radius 2 is 2.23 bits per heavy atom. The summed E-state index contributed by atoms with van der Waals surface area (Å²) in [6.45, 7) is 0. The zero-order valence-electron chi connectivity index (χ0n) is 6.64. The third-order valence-corrected chi connectivity index (χ3v) is 2.03. The molecule has 0 bridgehead atoms. The Bertz CT molecular complexity index is 388. The molecule has 0 amide bonds. The van der Waals surface area contributed by atoms with Crippen molar-refractivity contribution in [2.24, 2.45) is 0 Å². The molecule has 0 aliphatic carbocycles. The smallest absolute Gasteiger partial charge is 0.139 e. The lowest BCUT2D eigenvalue weighted by atomic mass is 10.3. The molecular weight excluding hydrogens is 234 g/mol. The second-order valence-corrected chi connectivity index (χ2v) is 2.94. The van der Waals surface area contributed by atoms with E-state index in [9.17, 15) is 0 Å². The minimum absolute atomic E-state index is 0.638. The van der Waals surface area contributed by atoms with E-state index in [1.54, 1.807) is 18.3 Å². The van der Waals surface area contributed by atoms with Crippen molar-refractivity contribution in [3.8, 4) is 11.4 Å². The molecule has 5 heteroatoms. The van der Waals surface area contributed by atoms with E-state index in [1.807, 2.05) is 0 Å². The summed E-state index contributed by atoms with van der Waals surface area (Å²) in [4.78, 5) is 8.30. The second-order valence-electron chi connectivity index (χ2n) is 2.38. The summed E-state index contributed by atoms with van der Waals surface area (Å²) in [7, 11) is 0. The van der Waals surface area contributed by atoms with E-state index in [-0.39, 0.29) is 0 Å². The summed E-state index contributed by atoms with van der Waals surface area (Å²) < 4.78 is 4.72. The van der Waals surface area contributed by atoms with Crippen LogP contribution >= 0.6 is 15.9 Å². The third-order valence-electron chi connectivity index (χ3n) is 1.53. The molecule has 0 saturated carbocycles. The lowest BCUT2D eigenvalue weighted by molar-refractivity contribution is 0.422. The van der Waals surface area contributed by atoms with Crippen LogP contribution in [0.15, 0.2) is 29.1 Å². The predicted molar refractivity (Wildman–Crippen MR) is 50.2 cm³/mol. The van der Waals surface area contributed by atoms with Crippen LogP contribution in [0.25, 0.3) is 11.4 Å². The molecule has 2 aromatic rings. The van der Waals surface area contributed by atoms with Gasteiger partial charge < -0.3 is 4.52 Å². The van der Waals surface area contributed by atoms with E-state index < -0.39 is 0 Å². The highest BCUT2D eigenvalue weighted by Gasteiger charge is 2.03. The molecule has 0 spiro atoms. The van der Waals surface area contributed by atoms with Crippen LogP contribution < -0.4 is 0 Å². The van der Waals surface area contributed by atoms with Crippen molar-refractivity contribution in [3.63, 3.8) is 0 Å². The van der Waals surface area contributed by atoms with Crippen molar-refractivity contribution in [2.75, 3.05) is 0 Å². The van der Waals surface area contributed by atoms with Gasteiger partial charge in [0.05, 0.1) is 11.0 Å². The maximum atomic E-state index is 4.72. The zero-order chi connectivity index (χ0) is 9.10. The molecule has 0 aromatic carbocycles. The predicted octanol–water partition coefficient (Wildman–Crippen LogP) is 2.03. The highest BCUT2D eigenvalue weighted by Crippen LogP contribution is 2.13. The van der Waals surface area contributed by atoms with Crippen LogP contribution in [0, 0.1) is 0 Å². The maximum absolute atomic E-state index is 4.72. The number of aromatic nitrogens is 3. The lowest BCUT2D eigenvalue weighted by Crippen LogP contribution is -1.92. The monoisotopic (exact) mass is 239 g/mol. The fourth-order valence-electron chi connectivity index (χ4n) is 0.951. The van der Waals surface area contributed by atoms with Crippen molar-refractivity contribution < 1.29 is 4.52 Å². The summed E-state index contributed by atoms with van der Waals surface area (Å²) in [5.41, 5.74) is 1.50. The van der Waals surface area contributed by atoms with Crippen LogP contribution in [0.1, 0.15) is 5.82 Å². The van der Waals surface area contributed by atoms with Crippen molar-refractivity contribution in [2.45, 2.75) is 5.33 Å². The van der Waals surface area contributed by atoms with Gasteiger partial charge in [-0.2, -0.15) is 0 Å². The minimum Gasteiger partial charge on any atom is -0.364 e. The zero-order valence-corrected chi connectivity index (χ0v) is 8.23. The van der Waals surface area contributed by atoms with Crippen molar-refractivity contribution in [3.05, 3.63) is 30.4 Å². The third kappa shape index (κ3) is 1.75. The molecular formula is C8H6BrN3O. The standard InChI is InChI=1S/C8H6BrN3O/c9-5-8-10-3-1-6(11-8)7-2-4-13-12-7/h1-4H,5H2. The summed E-state index contributed by atoms with van der Waals surface area (Å²) >= 11 is 3.29. The van der Waals surface area contributed by atoms with Gasteiger partial charge in [0.2, 0.25) is 0 Å². The Kier molecular flexibility index (Phi) is 2.35. The molecule has 2 aromatic heterocycles. The highest BCUT2D eigenvalue weighted by atomic mass is 79.9. The van der Waals surface area contributed by atoms with E-state index in [4.69, 9.17) is 4.52 Å². The number of nitrogens with zero attached hydrogens (tertiary/aromatic N) is 3. The van der Waals surface area contributed by atoms with Crippen LogP contribution in [0.4, 0.5) is 0 Å². The van der Waals surface area contributed by atoms with Gasteiger partial charge in [-0.15, -0.1) is 0 Å². The summed E-state index contributed by atoms with van der Waals surface area (Å²) in [5, 5.41) is 4.42. The number of rotatable bonds is 2. The molecule has 0 saturated heterocycles. The summed E-state index contributed by atoms with van der Waals surface area (Å²) in [5.74, 6) is 0.737. The Hall–Kier alpha value is -1.23. The van der Waals surface area contributed by atoms with Gasteiger partial charge in [0, 0.05) is 12.3 Å². The van der Waals surface area contributed by atoms with Crippen LogP contribution in [-0.4, -0.2) is 15.1 Å². The maximum Gasteiger partial charge on any atom is 0.139 e. The van der Waals surface area contributed by atoms with E-state index in [0.717, 1.165) is 17.2 Å². The molecule has 0 atom stereocenters. The van der Waals surface area contributed by atoms with E-state index >= 15 is 0 Å². The fraction of sp³-hybridized carbons (Fsp3) is 0.125. The average molecular weight is 240 g/mol. The van der Waals surface area contributed by atoms with Crippen molar-refractivity contribution in [1.29, 1.82) is 0 Å². The van der Waals surface area contributed by atoms with Gasteiger partial charge in [0.15, 0.2) is 0 Å². The van der Waals surface area contributed by atoms with Gasteiger partial charge in [0.25, 0.3) is 0 Å². The SMILES string of the molecule is BrCc1nccc(-c2ccon2)n1. The molecule has 0 N–H and O–H groups in total. The van der Waals surface area contributed by atoms with E-state index in [0.29, 0.717) is 5.33 Å². The van der Waals surface area contributed by atoms with Gasteiger partial charge in [-0.25, -0.2) is 9.97 Å². The van der Waals surface area contributed by atoms with Gasteiger partial charge in [-0.3, -0.25) is 0 Å². The molecule has 0 fully saturated rings. The molecule has 66 valence electrons. The Morgan fingerprint density at radius 3 is 2.92 bits per heavy atom. The summed E-state index contributed by atoms with van der Waals surface area (Å²) in [6, 6.07) is 3.56. The highest BCUT2D eigenvalue weighted by molar-refractivity contribution is 9.08. The largest absolute Gasteiger partial charge is 0.364 e. The normalized spacial score (nSPS) is 10.2. The quantitative estimate of drug-likeness (QED) is 0.753. The molecule has 4 nitrogen and oxygen atoms in total. The van der Waals surface area contributed by atoms with Crippen molar-refractivity contribution in [1.82, 2.24) is 15.1 Å². The number of hydrogen-bond donors (Lipinski definition) is 0. The van der Waals surface area contributed by atoms with Gasteiger partial charge in [0.1, 0.15) is 17.8 Å². The first-order valence-corrected chi connectivity index (χ1v) is 4.81. The van der Waals surface area contributed by atoms with Gasteiger partial charge in [-0.1, -0.05) is 21.1 Å². The Labute approximate surface area is 83.1 Å². The lowest BCUT2D eigenvalue weighted by Gasteiger charge is -1.96. The van der Waals surface area contributed by atoms with Crippen LogP contribution in [0.3, 0.4) is 0 Å². The molecule has 13 heavy (non-hydrogen) atoms. The Balaban J connectivity index is 2.41. The first-order valence-electron chi connectivity index (χ1n) is 3.69. The van der Waals surface area contributed by atoms with Gasteiger partial charge in [-0.05, 0) is 6.07 Å². The number of alkyl halides is 1. The van der Waals surface area contributed by atoms with Gasteiger partial charge >= 0.3 is 0 Å². The van der Waals surface area contributed by atoms with Crippen LogP contribution in [0.5, 0.6) is 0 Å². The average Bonchev–Trinajstić information content (AvgIpc) is 2.71. The topological polar surface area (TPSA) is 51.8 Å². The van der Waals surface area contributed by atoms with Crippen molar-refractivity contribution >= 4 is 15.9 Å². The molecule has 0 radical (unpaired) electrons. The first kappa shape index (κ1) is 8.37. The minimum atomic E-state index is 0.638. The molecule has 2 heterocycles. The van der Waals surface area contributed by atoms with Crippen LogP contribution in [-0.2, 0) is 5.33 Å². The summed E-state index contributed by atoms with van der Waals surface area (Å²) in [6.07, 6.45) is 3.22. The number of hydrogen-bond acceptors (Lipinski definition) is 4. The molecule has 2 rings (SSSR count). The van der Waals surface area contributed by atoms with E-state index in [2.05, 4.69) is 31.1 Å².